The van der Waals surface area contributed by atoms with Crippen molar-refractivity contribution in [2.75, 3.05) is 46.0 Å². The molecule has 0 nitrogen and oxygen atoms in total. The van der Waals surface area contributed by atoms with Gasteiger partial charge in [0.05, 0.1) is 16.8 Å². The average molecular weight is 641 g/mol. The molecule has 0 aromatic carbocycles. The number of thioether (sulfide) groups is 8. The maximum absolute atomic E-state index is 2.66. The molecule has 0 N–H and O–H groups in total. The van der Waals surface area contributed by atoms with Gasteiger partial charge in [0.15, 0.2) is 0 Å². The summed E-state index contributed by atoms with van der Waals surface area (Å²) in [5.41, 5.74) is 1.50. The maximum atomic E-state index is 2.66. The Morgan fingerprint density at radius 2 is 1.22 bits per heavy atom. The maximum Gasteiger partial charge on any atom is 0.0794 e. The molecule has 0 spiro atoms. The van der Waals surface area contributed by atoms with E-state index in [-0.39, 0.29) is 0 Å². The molecule has 0 amide bonds. The molecule has 0 saturated carbocycles. The van der Waals surface area contributed by atoms with Gasteiger partial charge >= 0.3 is 0 Å². The molecule has 4 fully saturated rings. The molecule has 4 aliphatic rings. The van der Waals surface area contributed by atoms with E-state index in [9.17, 15) is 0 Å². The zero-order valence-electron chi connectivity index (χ0n) is 22.9. The summed E-state index contributed by atoms with van der Waals surface area (Å²) in [4.78, 5) is 0. The molecule has 208 valence electrons. The van der Waals surface area contributed by atoms with Gasteiger partial charge in [0, 0.05) is 0 Å². The Labute approximate surface area is 257 Å². The first-order valence-electron chi connectivity index (χ1n) is 14.1. The molecule has 0 aromatic rings. The van der Waals surface area contributed by atoms with E-state index in [1.54, 1.807) is 0 Å². The van der Waals surface area contributed by atoms with Gasteiger partial charge < -0.3 is 0 Å². The minimum absolute atomic E-state index is 0.321. The third-order valence-electron chi connectivity index (χ3n) is 7.64. The molecule has 8 heteroatoms. The van der Waals surface area contributed by atoms with Crippen molar-refractivity contribution in [1.29, 1.82) is 0 Å². The summed E-state index contributed by atoms with van der Waals surface area (Å²) in [7, 11) is 0. The third-order valence-corrected chi connectivity index (χ3v) is 21.7. The Morgan fingerprint density at radius 3 is 1.81 bits per heavy atom. The minimum Gasteiger partial charge on any atom is -0.147 e. The van der Waals surface area contributed by atoms with Crippen LogP contribution in [-0.4, -0.2) is 62.8 Å². The molecule has 0 bridgehead atoms. The lowest BCUT2D eigenvalue weighted by Gasteiger charge is -2.48. The van der Waals surface area contributed by atoms with Gasteiger partial charge in [-0.3, -0.25) is 0 Å². The molecule has 0 unspecified atom stereocenters. The fraction of sp³-hybridized carbons (Fsp3) is 0.929. The SMILES string of the molecule is CC(C)=CC1(CCC2(C[C@@H](C)C3(C[C@@H](C)C4SCCCS4)SCCCS3)SCCCS2)SCCCS1. The second-order valence-corrected chi connectivity index (χ2v) is 23.4. The van der Waals surface area contributed by atoms with Crippen LogP contribution in [-0.2, 0) is 0 Å². The van der Waals surface area contributed by atoms with Crippen molar-refractivity contribution < 1.29 is 0 Å². The molecule has 4 saturated heterocycles. The summed E-state index contributed by atoms with van der Waals surface area (Å²) in [5, 5.41) is 0. The van der Waals surface area contributed by atoms with E-state index >= 15 is 0 Å². The molecular formula is C28H48S8. The summed E-state index contributed by atoms with van der Waals surface area (Å²) < 4.78 is 1.99. The number of rotatable bonds is 10. The Morgan fingerprint density at radius 1 is 0.694 bits per heavy atom. The van der Waals surface area contributed by atoms with Crippen molar-refractivity contribution in [2.45, 2.75) is 95.9 Å². The van der Waals surface area contributed by atoms with Crippen molar-refractivity contribution in [3.63, 3.8) is 0 Å². The summed E-state index contributed by atoms with van der Waals surface area (Å²) in [6.45, 7) is 9.86. The number of hydrogen-bond donors (Lipinski definition) is 0. The molecule has 0 radical (unpaired) electrons. The minimum atomic E-state index is 0.321. The highest BCUT2D eigenvalue weighted by molar-refractivity contribution is 8.20. The van der Waals surface area contributed by atoms with E-state index in [4.69, 9.17) is 0 Å². The van der Waals surface area contributed by atoms with Crippen molar-refractivity contribution in [3.8, 4) is 0 Å². The van der Waals surface area contributed by atoms with E-state index in [1.165, 1.54) is 103 Å². The van der Waals surface area contributed by atoms with Gasteiger partial charge in [-0.15, -0.1) is 94.1 Å². The first-order valence-corrected chi connectivity index (χ1v) is 22.1. The lowest BCUT2D eigenvalue weighted by atomic mass is 9.92. The van der Waals surface area contributed by atoms with Crippen LogP contribution in [0.1, 0.15) is 79.1 Å². The van der Waals surface area contributed by atoms with Crippen LogP contribution in [0.2, 0.25) is 0 Å². The van der Waals surface area contributed by atoms with E-state index < -0.39 is 0 Å². The van der Waals surface area contributed by atoms with Crippen LogP contribution in [0, 0.1) is 11.8 Å². The summed E-state index contributed by atoms with van der Waals surface area (Å²) >= 11 is 18.4. The first-order chi connectivity index (χ1) is 17.4. The fourth-order valence-corrected chi connectivity index (χ4v) is 19.7. The van der Waals surface area contributed by atoms with Gasteiger partial charge in [0.25, 0.3) is 0 Å². The highest BCUT2D eigenvalue weighted by Crippen LogP contribution is 2.60. The Balaban J connectivity index is 1.48. The van der Waals surface area contributed by atoms with Crippen LogP contribution in [0.3, 0.4) is 0 Å². The highest BCUT2D eigenvalue weighted by Gasteiger charge is 2.47. The molecule has 4 heterocycles. The van der Waals surface area contributed by atoms with Gasteiger partial charge in [0.1, 0.15) is 0 Å². The first kappa shape index (κ1) is 31.5. The van der Waals surface area contributed by atoms with Crippen LogP contribution in [0.4, 0.5) is 0 Å². The van der Waals surface area contributed by atoms with Crippen molar-refractivity contribution in [1.82, 2.24) is 0 Å². The highest BCUT2D eigenvalue weighted by atomic mass is 32.2. The molecule has 2 atom stereocenters. The zero-order valence-corrected chi connectivity index (χ0v) is 29.4. The van der Waals surface area contributed by atoms with Crippen LogP contribution < -0.4 is 0 Å². The third kappa shape index (κ3) is 8.77. The Bertz CT molecular complexity index is 682. The van der Waals surface area contributed by atoms with E-state index in [0.717, 1.165) is 16.4 Å². The Hall–Kier alpha value is 2.54. The van der Waals surface area contributed by atoms with E-state index in [1.807, 2.05) is 0 Å². The molecular weight excluding hydrogens is 593 g/mol. The molecule has 4 aliphatic heterocycles. The normalized spacial score (nSPS) is 28.2. The zero-order chi connectivity index (χ0) is 25.5. The van der Waals surface area contributed by atoms with Crippen molar-refractivity contribution in [3.05, 3.63) is 11.6 Å². The topological polar surface area (TPSA) is 0 Å². The second-order valence-electron chi connectivity index (χ2n) is 11.2. The van der Waals surface area contributed by atoms with E-state index in [0.29, 0.717) is 12.2 Å². The predicted octanol–water partition coefficient (Wildman–Crippen LogP) is 10.7. The lowest BCUT2D eigenvalue weighted by molar-refractivity contribution is 0.391. The molecule has 0 aromatic heterocycles. The summed E-state index contributed by atoms with van der Waals surface area (Å²) in [6.07, 6.45) is 13.8. The van der Waals surface area contributed by atoms with Gasteiger partial charge in [-0.05, 0) is 123 Å². The van der Waals surface area contributed by atoms with Gasteiger partial charge in [-0.25, -0.2) is 0 Å². The molecule has 4 rings (SSSR count). The standard InChI is InChI=1S/C28H48S8/c1-22(2)19-26(31-13-6-14-32-26)9-10-27(33-15-7-16-34-27)21-24(4)28(35-17-8-18-36-28)20-23(3)25-29-11-5-12-30-25/h19,23-25H,5-18,20-21H2,1-4H3/t23-,24-/m1/s1. The lowest BCUT2D eigenvalue weighted by Crippen LogP contribution is -2.41. The molecule has 36 heavy (non-hydrogen) atoms. The van der Waals surface area contributed by atoms with Crippen LogP contribution in [0.5, 0.6) is 0 Å². The fourth-order valence-electron chi connectivity index (χ4n) is 5.87. The van der Waals surface area contributed by atoms with Crippen molar-refractivity contribution in [2.24, 2.45) is 11.8 Å². The quantitative estimate of drug-likeness (QED) is 0.214. The van der Waals surface area contributed by atoms with Crippen LogP contribution in [0.15, 0.2) is 11.6 Å². The Kier molecular flexibility index (Phi) is 13.2. The van der Waals surface area contributed by atoms with Gasteiger partial charge in [0.2, 0.25) is 0 Å². The smallest absolute Gasteiger partial charge is 0.0794 e. The largest absolute Gasteiger partial charge is 0.147 e. The van der Waals surface area contributed by atoms with Gasteiger partial charge in [-0.1, -0.05) is 25.5 Å². The number of hydrogen-bond acceptors (Lipinski definition) is 8. The number of allylic oxidation sites excluding steroid dienone is 1. The predicted molar refractivity (Wildman–Crippen MR) is 186 cm³/mol. The van der Waals surface area contributed by atoms with E-state index in [2.05, 4.69) is 128 Å². The van der Waals surface area contributed by atoms with Gasteiger partial charge in [-0.2, -0.15) is 0 Å². The monoisotopic (exact) mass is 640 g/mol. The van der Waals surface area contributed by atoms with Crippen LogP contribution >= 0.6 is 94.1 Å². The van der Waals surface area contributed by atoms with Crippen LogP contribution in [0.25, 0.3) is 0 Å². The second kappa shape index (κ2) is 15.1. The summed E-state index contributed by atoms with van der Waals surface area (Å²) in [6, 6.07) is 0. The van der Waals surface area contributed by atoms with Crippen molar-refractivity contribution >= 4 is 94.1 Å². The summed E-state index contributed by atoms with van der Waals surface area (Å²) in [5.74, 6) is 12.5. The average Bonchev–Trinajstić information content (AvgIpc) is 2.89. The molecule has 0 aliphatic carbocycles.